The number of thioether (sulfide) groups is 1. The number of nitrogens with zero attached hydrogens (tertiary/aromatic N) is 5. The second-order valence-electron chi connectivity index (χ2n) is 6.21. The van der Waals surface area contributed by atoms with Gasteiger partial charge in [-0.25, -0.2) is 5.43 Å². The van der Waals surface area contributed by atoms with Crippen molar-refractivity contribution >= 4 is 29.6 Å². The first-order chi connectivity index (χ1) is 13.9. The van der Waals surface area contributed by atoms with Crippen molar-refractivity contribution in [3.05, 3.63) is 81.2 Å². The highest BCUT2D eigenvalue weighted by Gasteiger charge is 2.10. The average Bonchev–Trinajstić information content (AvgIpc) is 3.12. The highest BCUT2D eigenvalue weighted by atomic mass is 32.2. The second-order valence-corrected chi connectivity index (χ2v) is 7.15. The van der Waals surface area contributed by atoms with E-state index >= 15 is 0 Å². The van der Waals surface area contributed by atoms with E-state index in [9.17, 15) is 14.9 Å². The van der Waals surface area contributed by atoms with E-state index in [1.165, 1.54) is 12.3 Å². The Kier molecular flexibility index (Phi) is 6.35. The summed E-state index contributed by atoms with van der Waals surface area (Å²) in [7, 11) is 1.88. The van der Waals surface area contributed by atoms with Gasteiger partial charge in [0.05, 0.1) is 11.1 Å². The fourth-order valence-electron chi connectivity index (χ4n) is 2.44. The molecule has 0 aliphatic rings. The Balaban J connectivity index is 1.57. The number of rotatable bonds is 7. The third kappa shape index (κ3) is 5.26. The summed E-state index contributed by atoms with van der Waals surface area (Å²) < 4.78 is 1.84. The number of nitrogens with one attached hydrogen (secondary N) is 1. The number of carbonyl (C=O) groups is 1. The van der Waals surface area contributed by atoms with Crippen molar-refractivity contribution in [2.45, 2.75) is 17.8 Å². The number of aryl methyl sites for hydroxylation is 2. The summed E-state index contributed by atoms with van der Waals surface area (Å²) in [6.07, 6.45) is 3.02. The lowest BCUT2D eigenvalue weighted by atomic mass is 10.1. The Morgan fingerprint density at radius 2 is 2.07 bits per heavy atom. The molecule has 1 N–H and O–H groups in total. The van der Waals surface area contributed by atoms with Gasteiger partial charge in [-0.3, -0.25) is 14.9 Å². The Bertz CT molecular complexity index is 1060. The minimum atomic E-state index is -0.449. The van der Waals surface area contributed by atoms with Crippen LogP contribution in [0.2, 0.25) is 0 Å². The molecule has 1 heterocycles. The van der Waals surface area contributed by atoms with Gasteiger partial charge < -0.3 is 4.57 Å². The highest BCUT2D eigenvalue weighted by molar-refractivity contribution is 7.98. The number of hydrogen-bond donors (Lipinski definition) is 1. The van der Waals surface area contributed by atoms with Crippen LogP contribution < -0.4 is 5.43 Å². The van der Waals surface area contributed by atoms with Crippen LogP contribution in [-0.4, -0.2) is 31.8 Å². The maximum Gasteiger partial charge on any atom is 0.272 e. The molecule has 148 valence electrons. The molecule has 2 aromatic carbocycles. The largest absolute Gasteiger partial charge is 0.312 e. The summed E-state index contributed by atoms with van der Waals surface area (Å²) in [5.74, 6) is 0.342. The lowest BCUT2D eigenvalue weighted by molar-refractivity contribution is -0.385. The Morgan fingerprint density at radius 1 is 1.31 bits per heavy atom. The van der Waals surface area contributed by atoms with E-state index in [1.54, 1.807) is 49.3 Å². The molecule has 0 aliphatic heterocycles. The van der Waals surface area contributed by atoms with E-state index in [0.717, 1.165) is 10.7 Å². The number of nitro benzene ring substituents is 1. The van der Waals surface area contributed by atoms with Crippen molar-refractivity contribution in [3.8, 4) is 0 Å². The Hall–Kier alpha value is -3.53. The number of benzene rings is 2. The summed E-state index contributed by atoms with van der Waals surface area (Å²) in [6, 6.07) is 11.9. The zero-order valence-corrected chi connectivity index (χ0v) is 16.6. The molecule has 0 saturated carbocycles. The first-order valence-electron chi connectivity index (χ1n) is 8.58. The summed E-state index contributed by atoms with van der Waals surface area (Å²) in [5, 5.41) is 23.5. The predicted molar refractivity (Wildman–Crippen MR) is 110 cm³/mol. The number of amides is 1. The summed E-state index contributed by atoms with van der Waals surface area (Å²) in [5.41, 5.74) is 5.03. The van der Waals surface area contributed by atoms with E-state index in [2.05, 4.69) is 20.7 Å². The maximum absolute atomic E-state index is 12.2. The van der Waals surface area contributed by atoms with Gasteiger partial charge in [-0.15, -0.1) is 10.2 Å². The molecule has 0 atom stereocenters. The predicted octanol–water partition coefficient (Wildman–Crippen LogP) is 3.09. The van der Waals surface area contributed by atoms with Crippen LogP contribution in [0.25, 0.3) is 0 Å². The molecule has 0 unspecified atom stereocenters. The quantitative estimate of drug-likeness (QED) is 0.277. The van der Waals surface area contributed by atoms with Crippen LogP contribution in [-0.2, 0) is 12.8 Å². The molecule has 1 aromatic heterocycles. The molecule has 0 saturated heterocycles. The molecule has 0 fully saturated rings. The first-order valence-corrected chi connectivity index (χ1v) is 9.57. The van der Waals surface area contributed by atoms with Crippen molar-refractivity contribution in [1.29, 1.82) is 0 Å². The molecule has 0 bridgehead atoms. The van der Waals surface area contributed by atoms with Crippen LogP contribution in [0.5, 0.6) is 0 Å². The van der Waals surface area contributed by atoms with Crippen LogP contribution >= 0.6 is 11.8 Å². The molecule has 9 nitrogen and oxygen atoms in total. The topological polar surface area (TPSA) is 115 Å². The molecular formula is C19H18N6O3S. The van der Waals surface area contributed by atoms with Gasteiger partial charge in [0.1, 0.15) is 6.33 Å². The van der Waals surface area contributed by atoms with Crippen LogP contribution in [0.15, 0.2) is 59.0 Å². The molecule has 1 amide bonds. The zero-order valence-electron chi connectivity index (χ0n) is 15.8. The lowest BCUT2D eigenvalue weighted by Crippen LogP contribution is -2.17. The second kappa shape index (κ2) is 9.11. The number of aromatic nitrogens is 3. The average molecular weight is 410 g/mol. The molecule has 10 heteroatoms. The smallest absolute Gasteiger partial charge is 0.272 e. The van der Waals surface area contributed by atoms with Gasteiger partial charge in [-0.1, -0.05) is 36.0 Å². The SMILES string of the molecule is Cc1ccc(/C=N\NC(=O)c2ccc(CSc3nncn3C)cc2)cc1[N+](=O)[O-]. The number of hydrogen-bond acceptors (Lipinski definition) is 7. The van der Waals surface area contributed by atoms with Gasteiger partial charge in [-0.2, -0.15) is 5.10 Å². The van der Waals surface area contributed by atoms with Crippen molar-refractivity contribution in [2.24, 2.45) is 12.1 Å². The fourth-order valence-corrected chi connectivity index (χ4v) is 3.28. The molecule has 0 spiro atoms. The van der Waals surface area contributed by atoms with Crippen LogP contribution in [0.4, 0.5) is 5.69 Å². The van der Waals surface area contributed by atoms with E-state index in [1.807, 2.05) is 23.7 Å². The van der Waals surface area contributed by atoms with Gasteiger partial charge in [0.15, 0.2) is 5.16 Å². The van der Waals surface area contributed by atoms with Gasteiger partial charge in [-0.05, 0) is 24.6 Å². The summed E-state index contributed by atoms with van der Waals surface area (Å²) >= 11 is 1.55. The van der Waals surface area contributed by atoms with Crippen LogP contribution in [0, 0.1) is 17.0 Å². The Labute approximate surface area is 171 Å². The summed E-state index contributed by atoms with van der Waals surface area (Å²) in [6.45, 7) is 1.66. The van der Waals surface area contributed by atoms with E-state index < -0.39 is 4.92 Å². The Morgan fingerprint density at radius 3 is 2.72 bits per heavy atom. The molecule has 29 heavy (non-hydrogen) atoms. The number of hydrazone groups is 1. The van der Waals surface area contributed by atoms with Crippen molar-refractivity contribution in [3.63, 3.8) is 0 Å². The van der Waals surface area contributed by atoms with Crippen molar-refractivity contribution in [1.82, 2.24) is 20.2 Å². The van der Waals surface area contributed by atoms with Gasteiger partial charge in [0, 0.05) is 35.6 Å². The maximum atomic E-state index is 12.2. The monoisotopic (exact) mass is 410 g/mol. The lowest BCUT2D eigenvalue weighted by Gasteiger charge is -2.04. The van der Waals surface area contributed by atoms with Crippen molar-refractivity contribution < 1.29 is 9.72 Å². The normalized spacial score (nSPS) is 11.0. The standard InChI is InChI=1S/C19H18N6O3S/c1-13-3-4-15(9-17(13)25(27)28)10-20-22-18(26)16-7-5-14(6-8-16)11-29-19-23-21-12-24(19)2/h3-10,12H,11H2,1-2H3,(H,22,26)/b20-10-. The van der Waals surface area contributed by atoms with Crippen LogP contribution in [0.1, 0.15) is 27.0 Å². The van der Waals surface area contributed by atoms with Gasteiger partial charge in [0.2, 0.25) is 0 Å². The van der Waals surface area contributed by atoms with E-state index in [4.69, 9.17) is 0 Å². The molecule has 0 aliphatic carbocycles. The first kappa shape index (κ1) is 20.2. The minimum Gasteiger partial charge on any atom is -0.312 e. The van der Waals surface area contributed by atoms with E-state index in [-0.39, 0.29) is 11.6 Å². The van der Waals surface area contributed by atoms with Gasteiger partial charge in [0.25, 0.3) is 11.6 Å². The number of nitro groups is 1. The third-order valence-electron chi connectivity index (χ3n) is 4.06. The highest BCUT2D eigenvalue weighted by Crippen LogP contribution is 2.20. The van der Waals surface area contributed by atoms with E-state index in [0.29, 0.717) is 22.4 Å². The zero-order chi connectivity index (χ0) is 20.8. The minimum absolute atomic E-state index is 0.00931. The number of carbonyl (C=O) groups excluding carboxylic acids is 1. The molecule has 0 radical (unpaired) electrons. The molecule has 3 rings (SSSR count). The fraction of sp³-hybridized carbons (Fsp3) is 0.158. The van der Waals surface area contributed by atoms with Crippen LogP contribution in [0.3, 0.4) is 0 Å². The molecular weight excluding hydrogens is 392 g/mol. The van der Waals surface area contributed by atoms with Crippen molar-refractivity contribution in [2.75, 3.05) is 0 Å². The molecule has 3 aromatic rings. The van der Waals surface area contributed by atoms with Gasteiger partial charge >= 0.3 is 0 Å². The third-order valence-corrected chi connectivity index (χ3v) is 5.17. The summed E-state index contributed by atoms with van der Waals surface area (Å²) in [4.78, 5) is 22.7.